The lowest BCUT2D eigenvalue weighted by Crippen LogP contribution is -2.34. The van der Waals surface area contributed by atoms with Gasteiger partial charge in [0.25, 0.3) is 0 Å². The first-order valence-electron chi connectivity index (χ1n) is 7.39. The van der Waals surface area contributed by atoms with Crippen LogP contribution in [-0.2, 0) is 23.1 Å². The topological polar surface area (TPSA) is 81.3 Å². The van der Waals surface area contributed by atoms with Crippen molar-refractivity contribution in [1.29, 1.82) is 0 Å². The zero-order valence-corrected chi connectivity index (χ0v) is 15.3. The van der Waals surface area contributed by atoms with Gasteiger partial charge in [0, 0.05) is 26.4 Å². The Bertz CT molecular complexity index is 683. The molecule has 2 aromatic rings. The summed E-state index contributed by atoms with van der Waals surface area (Å²) in [6.45, 7) is 7.47. The third-order valence-corrected chi connectivity index (χ3v) is 5.26. The van der Waals surface area contributed by atoms with E-state index in [0.717, 1.165) is 18.5 Å². The Morgan fingerprint density at radius 3 is 2.30 bits per heavy atom. The maximum Gasteiger partial charge on any atom is 0.225 e. The highest BCUT2D eigenvalue weighted by Crippen LogP contribution is 2.11. The van der Waals surface area contributed by atoms with E-state index >= 15 is 0 Å². The highest BCUT2D eigenvalue weighted by Gasteiger charge is 2.12. The van der Waals surface area contributed by atoms with Crippen molar-refractivity contribution in [2.24, 2.45) is 0 Å². The summed E-state index contributed by atoms with van der Waals surface area (Å²) in [6, 6.07) is 5.78. The summed E-state index contributed by atoms with van der Waals surface area (Å²) in [5.74, 6) is 0. The van der Waals surface area contributed by atoms with Crippen molar-refractivity contribution in [3.63, 3.8) is 0 Å². The molecule has 0 unspecified atom stereocenters. The van der Waals surface area contributed by atoms with E-state index in [1.54, 1.807) is 23.5 Å². The molecule has 1 heterocycles. The standard InChI is InChI=1S/C9H16NOS.C7H8O3S/c1-3-5-10-7-12-9(4-6-11)8(10)2;1-6-2-4-7(5-3-6)11(8,9)10/h7,11H,3-6H2,1-2H3;2-5H,1H3,(H,8,9,10)/q+1;/p-1. The van der Waals surface area contributed by atoms with E-state index in [9.17, 15) is 13.0 Å². The summed E-state index contributed by atoms with van der Waals surface area (Å²) in [5, 5.41) is 8.78. The Morgan fingerprint density at radius 1 is 1.22 bits per heavy atom. The molecule has 1 aromatic heterocycles. The van der Waals surface area contributed by atoms with Gasteiger partial charge >= 0.3 is 0 Å². The number of rotatable bonds is 5. The van der Waals surface area contributed by atoms with E-state index in [1.807, 2.05) is 6.92 Å². The van der Waals surface area contributed by atoms with E-state index in [2.05, 4.69) is 23.9 Å². The largest absolute Gasteiger partial charge is 0.744 e. The summed E-state index contributed by atoms with van der Waals surface area (Å²) in [6.07, 6.45) is 1.97. The van der Waals surface area contributed by atoms with Crippen LogP contribution in [0.15, 0.2) is 34.7 Å². The number of aliphatic hydroxyl groups excluding tert-OH is 1. The molecule has 0 saturated carbocycles. The van der Waals surface area contributed by atoms with Crippen molar-refractivity contribution in [2.75, 3.05) is 6.61 Å². The van der Waals surface area contributed by atoms with Gasteiger partial charge in [-0.25, -0.2) is 8.42 Å². The summed E-state index contributed by atoms with van der Waals surface area (Å²) in [5.41, 5.74) is 4.39. The van der Waals surface area contributed by atoms with Crippen LogP contribution in [-0.4, -0.2) is 24.7 Å². The Kier molecular flexibility index (Phi) is 7.84. The molecule has 0 radical (unpaired) electrons. The fourth-order valence-corrected chi connectivity index (χ4v) is 3.44. The predicted molar refractivity (Wildman–Crippen MR) is 89.5 cm³/mol. The summed E-state index contributed by atoms with van der Waals surface area (Å²) in [4.78, 5) is 1.13. The first-order valence-corrected chi connectivity index (χ1v) is 9.68. The fraction of sp³-hybridized carbons (Fsp3) is 0.438. The van der Waals surface area contributed by atoms with Gasteiger partial charge in [-0.05, 0) is 19.1 Å². The number of aliphatic hydroxyl groups is 1. The lowest BCUT2D eigenvalue weighted by molar-refractivity contribution is -0.698. The first kappa shape index (κ1) is 19.8. The maximum absolute atomic E-state index is 10.4. The van der Waals surface area contributed by atoms with Crippen LogP contribution in [0, 0.1) is 13.8 Å². The molecule has 0 fully saturated rings. The second-order valence-electron chi connectivity index (χ2n) is 5.17. The van der Waals surface area contributed by atoms with Crippen LogP contribution in [0.25, 0.3) is 0 Å². The van der Waals surface area contributed by atoms with Crippen molar-refractivity contribution in [3.8, 4) is 0 Å². The number of aryl methyl sites for hydroxylation is 2. The van der Waals surface area contributed by atoms with Crippen LogP contribution >= 0.6 is 11.3 Å². The molecular weight excluding hydrogens is 334 g/mol. The van der Waals surface area contributed by atoms with E-state index in [4.69, 9.17) is 5.11 Å². The number of hydrogen-bond donors (Lipinski definition) is 1. The second kappa shape index (κ2) is 9.12. The molecule has 0 bridgehead atoms. The molecule has 0 aliphatic carbocycles. The molecule has 5 nitrogen and oxygen atoms in total. The van der Waals surface area contributed by atoms with Crippen molar-refractivity contribution < 1.29 is 22.6 Å². The van der Waals surface area contributed by atoms with E-state index in [1.165, 1.54) is 29.1 Å². The molecule has 0 aliphatic rings. The lowest BCUT2D eigenvalue weighted by Gasteiger charge is -2.05. The van der Waals surface area contributed by atoms with E-state index in [0.29, 0.717) is 0 Å². The summed E-state index contributed by atoms with van der Waals surface area (Å²) >= 11 is 1.74. The second-order valence-corrected chi connectivity index (χ2v) is 7.48. The average Bonchev–Trinajstić information content (AvgIpc) is 2.82. The summed E-state index contributed by atoms with van der Waals surface area (Å²) < 4.78 is 33.4. The van der Waals surface area contributed by atoms with Crippen molar-refractivity contribution in [3.05, 3.63) is 45.9 Å². The van der Waals surface area contributed by atoms with E-state index < -0.39 is 10.1 Å². The van der Waals surface area contributed by atoms with Crippen molar-refractivity contribution >= 4 is 21.5 Å². The van der Waals surface area contributed by atoms with Crippen molar-refractivity contribution in [2.45, 2.75) is 45.1 Å². The van der Waals surface area contributed by atoms with Gasteiger partial charge in [0.1, 0.15) is 16.7 Å². The van der Waals surface area contributed by atoms with Gasteiger partial charge in [-0.15, -0.1) is 0 Å². The molecule has 0 aliphatic heterocycles. The van der Waals surface area contributed by atoms with Crippen LogP contribution in [0.2, 0.25) is 0 Å². The molecule has 23 heavy (non-hydrogen) atoms. The third kappa shape index (κ3) is 6.39. The van der Waals surface area contributed by atoms with Gasteiger partial charge in [0.2, 0.25) is 5.51 Å². The number of thiazole rings is 1. The van der Waals surface area contributed by atoms with Crippen LogP contribution in [0.5, 0.6) is 0 Å². The molecule has 2 rings (SSSR count). The van der Waals surface area contributed by atoms with Crippen LogP contribution < -0.4 is 4.57 Å². The zero-order valence-electron chi connectivity index (χ0n) is 13.7. The van der Waals surface area contributed by atoms with Gasteiger partial charge in [0.15, 0.2) is 5.69 Å². The van der Waals surface area contributed by atoms with Gasteiger partial charge in [0.05, 0.1) is 9.77 Å². The zero-order chi connectivity index (χ0) is 17.5. The van der Waals surface area contributed by atoms with Gasteiger partial charge in [-0.3, -0.25) is 0 Å². The smallest absolute Gasteiger partial charge is 0.225 e. The molecule has 1 N–H and O–H groups in total. The quantitative estimate of drug-likeness (QED) is 0.657. The SMILES string of the molecule is CCC[n+]1csc(CCO)c1C.Cc1ccc(S(=O)(=O)[O-])cc1. The number of benzene rings is 1. The van der Waals surface area contributed by atoms with Crippen molar-refractivity contribution in [1.82, 2.24) is 0 Å². The predicted octanol–water partition coefficient (Wildman–Crippen LogP) is 2.19. The highest BCUT2D eigenvalue weighted by atomic mass is 32.2. The van der Waals surface area contributed by atoms with Gasteiger partial charge in [-0.1, -0.05) is 36.0 Å². The van der Waals surface area contributed by atoms with Crippen LogP contribution in [0.1, 0.15) is 29.5 Å². The van der Waals surface area contributed by atoms with E-state index in [-0.39, 0.29) is 11.5 Å². The maximum atomic E-state index is 10.4. The Hall–Kier alpha value is -1.28. The molecule has 0 spiro atoms. The number of aromatic nitrogens is 1. The fourth-order valence-electron chi connectivity index (χ4n) is 1.96. The molecule has 7 heteroatoms. The molecule has 0 amide bonds. The van der Waals surface area contributed by atoms with Crippen LogP contribution in [0.4, 0.5) is 0 Å². The van der Waals surface area contributed by atoms with Gasteiger partial charge in [-0.2, -0.15) is 4.57 Å². The number of nitrogens with zero attached hydrogens (tertiary/aromatic N) is 1. The monoisotopic (exact) mass is 357 g/mol. The minimum atomic E-state index is -4.27. The summed E-state index contributed by atoms with van der Waals surface area (Å²) in [7, 11) is -4.27. The third-order valence-electron chi connectivity index (χ3n) is 3.27. The molecule has 0 atom stereocenters. The minimum absolute atomic E-state index is 0.178. The highest BCUT2D eigenvalue weighted by molar-refractivity contribution is 7.85. The molecular formula is C16H23NO4S2. The van der Waals surface area contributed by atoms with Crippen LogP contribution in [0.3, 0.4) is 0 Å². The molecule has 0 saturated heterocycles. The molecule has 1 aromatic carbocycles. The average molecular weight is 357 g/mol. The normalized spacial score (nSPS) is 11.0. The lowest BCUT2D eigenvalue weighted by atomic mass is 10.2. The number of hydrogen-bond acceptors (Lipinski definition) is 5. The van der Waals surface area contributed by atoms with Gasteiger partial charge < -0.3 is 9.66 Å². The Morgan fingerprint density at radius 2 is 1.83 bits per heavy atom. The molecule has 128 valence electrons. The first-order chi connectivity index (χ1) is 10.8. The Labute approximate surface area is 142 Å². The Balaban J connectivity index is 0.000000231. The minimum Gasteiger partial charge on any atom is -0.744 e.